The minimum absolute atomic E-state index is 0.109. The summed E-state index contributed by atoms with van der Waals surface area (Å²) in [6.45, 7) is 1.80. The normalized spacial score (nSPS) is 33.5. The highest BCUT2D eigenvalue weighted by atomic mass is 32.2. The smallest absolute Gasteiger partial charge is 0.305 e. The molecule has 0 amide bonds. The first-order valence-corrected chi connectivity index (χ1v) is 7.61. The van der Waals surface area contributed by atoms with Crippen LogP contribution < -0.4 is 0 Å². The highest BCUT2D eigenvalue weighted by molar-refractivity contribution is 7.86. The van der Waals surface area contributed by atoms with Crippen LogP contribution in [0.15, 0.2) is 23.5 Å². The van der Waals surface area contributed by atoms with E-state index < -0.39 is 15.7 Å². The number of hydrogen-bond donors (Lipinski definition) is 1. The summed E-state index contributed by atoms with van der Waals surface area (Å²) in [5.74, 6) is 0.310. The molecule has 0 aromatic carbocycles. The van der Waals surface area contributed by atoms with Crippen molar-refractivity contribution in [1.29, 1.82) is 0 Å². The predicted molar refractivity (Wildman–Crippen MR) is 64.7 cm³/mol. The number of rotatable bonds is 2. The van der Waals surface area contributed by atoms with Gasteiger partial charge in [0.1, 0.15) is 5.76 Å². The molecule has 96 valence electrons. The molecule has 0 bridgehead atoms. The first-order chi connectivity index (χ1) is 7.78. The largest absolute Gasteiger partial charge is 0.389 e. The van der Waals surface area contributed by atoms with E-state index in [1.54, 1.807) is 13.0 Å². The van der Waals surface area contributed by atoms with Crippen molar-refractivity contribution in [2.75, 3.05) is 6.26 Å². The lowest BCUT2D eigenvalue weighted by Crippen LogP contribution is -2.39. The van der Waals surface area contributed by atoms with Gasteiger partial charge in [-0.25, -0.2) is 0 Å². The third-order valence-electron chi connectivity index (χ3n) is 3.39. The molecule has 17 heavy (non-hydrogen) atoms. The molecule has 0 saturated heterocycles. The molecule has 2 rings (SSSR count). The zero-order valence-electron chi connectivity index (χ0n) is 10.1. The van der Waals surface area contributed by atoms with Crippen LogP contribution in [-0.2, 0) is 14.3 Å². The maximum Gasteiger partial charge on any atom is 0.305 e. The topological polar surface area (TPSA) is 63.6 Å². The van der Waals surface area contributed by atoms with Crippen LogP contribution in [0.3, 0.4) is 0 Å². The summed E-state index contributed by atoms with van der Waals surface area (Å²) in [6, 6.07) is 0. The molecule has 2 aliphatic carbocycles. The van der Waals surface area contributed by atoms with Gasteiger partial charge in [-0.3, -0.25) is 0 Å². The third kappa shape index (κ3) is 2.90. The van der Waals surface area contributed by atoms with Crippen LogP contribution in [-0.4, -0.2) is 25.4 Å². The fourth-order valence-corrected chi connectivity index (χ4v) is 3.13. The Morgan fingerprint density at radius 1 is 1.53 bits per heavy atom. The van der Waals surface area contributed by atoms with Crippen molar-refractivity contribution >= 4 is 10.1 Å². The van der Waals surface area contributed by atoms with E-state index in [1.807, 2.05) is 6.08 Å². The summed E-state index contributed by atoms with van der Waals surface area (Å²) < 4.78 is 27.0. The van der Waals surface area contributed by atoms with Gasteiger partial charge in [-0.15, -0.1) is 0 Å². The average Bonchev–Trinajstić information content (AvgIpc) is 2.16. The molecule has 4 nitrogen and oxygen atoms in total. The minimum Gasteiger partial charge on any atom is -0.389 e. The van der Waals surface area contributed by atoms with Crippen molar-refractivity contribution in [1.82, 2.24) is 0 Å². The van der Waals surface area contributed by atoms with E-state index in [1.165, 1.54) is 5.57 Å². The molecule has 0 heterocycles. The van der Waals surface area contributed by atoms with Gasteiger partial charge in [-0.2, -0.15) is 8.42 Å². The Hall–Kier alpha value is -0.810. The van der Waals surface area contributed by atoms with Crippen LogP contribution in [0.4, 0.5) is 0 Å². The fourth-order valence-electron chi connectivity index (χ4n) is 2.62. The molecule has 1 N–H and O–H groups in total. The third-order valence-corrected chi connectivity index (χ3v) is 3.91. The van der Waals surface area contributed by atoms with E-state index in [0.717, 1.165) is 25.5 Å². The summed E-state index contributed by atoms with van der Waals surface area (Å²) in [4.78, 5) is 0. The molecule has 0 aliphatic heterocycles. The Bertz CT molecular complexity index is 471. The zero-order chi connectivity index (χ0) is 12.7. The summed E-state index contributed by atoms with van der Waals surface area (Å²) in [5, 5.41) is 10.3. The molecule has 1 fully saturated rings. The quantitative estimate of drug-likeness (QED) is 0.605. The fraction of sp³-hybridized carbons (Fsp3) is 0.667. The first kappa shape index (κ1) is 12.6. The Labute approximate surface area is 102 Å². The van der Waals surface area contributed by atoms with Gasteiger partial charge in [0.15, 0.2) is 0 Å². The standard InChI is InChI=1S/C12H18O4S/c1-12(13)7-3-4-9-5-6-10(8-11(9)12)16-17(2,14)15/h5,8,11,13H,3-4,6-7H2,1-2H3/t11-,12-/m0/s1. The average molecular weight is 258 g/mol. The van der Waals surface area contributed by atoms with E-state index in [2.05, 4.69) is 0 Å². The summed E-state index contributed by atoms with van der Waals surface area (Å²) in [5.41, 5.74) is 0.401. The number of hydrogen-bond acceptors (Lipinski definition) is 4. The van der Waals surface area contributed by atoms with Crippen LogP contribution in [0.5, 0.6) is 0 Å². The predicted octanol–water partition coefficient (Wildman–Crippen LogP) is 1.73. The van der Waals surface area contributed by atoms with Crippen molar-refractivity contribution in [3.8, 4) is 0 Å². The number of aliphatic hydroxyl groups is 1. The van der Waals surface area contributed by atoms with E-state index in [9.17, 15) is 13.5 Å². The van der Waals surface area contributed by atoms with E-state index in [4.69, 9.17) is 4.18 Å². The molecule has 0 unspecified atom stereocenters. The Kier molecular flexibility index (Phi) is 3.08. The van der Waals surface area contributed by atoms with Crippen LogP contribution in [0, 0.1) is 5.92 Å². The van der Waals surface area contributed by atoms with E-state index in [0.29, 0.717) is 12.2 Å². The Morgan fingerprint density at radius 3 is 2.88 bits per heavy atom. The molecule has 0 radical (unpaired) electrons. The number of allylic oxidation sites excluding steroid dienone is 1. The molecule has 5 heteroatoms. The molecule has 2 aliphatic rings. The summed E-state index contributed by atoms with van der Waals surface area (Å²) in [7, 11) is -3.48. The summed E-state index contributed by atoms with van der Waals surface area (Å²) >= 11 is 0. The lowest BCUT2D eigenvalue weighted by molar-refractivity contribution is 0.00639. The van der Waals surface area contributed by atoms with Gasteiger partial charge < -0.3 is 9.29 Å². The van der Waals surface area contributed by atoms with Gasteiger partial charge in [0.25, 0.3) is 0 Å². The van der Waals surface area contributed by atoms with Crippen molar-refractivity contribution in [2.45, 2.75) is 38.2 Å². The van der Waals surface area contributed by atoms with Gasteiger partial charge in [0.05, 0.1) is 11.9 Å². The molecular formula is C12H18O4S. The molecule has 0 aromatic rings. The summed E-state index contributed by atoms with van der Waals surface area (Å²) in [6.07, 6.45) is 7.96. The highest BCUT2D eigenvalue weighted by Gasteiger charge is 2.38. The second-order valence-electron chi connectivity index (χ2n) is 5.09. The van der Waals surface area contributed by atoms with Crippen molar-refractivity contribution in [3.63, 3.8) is 0 Å². The molecule has 0 spiro atoms. The SMILES string of the molecule is C[C@]1(O)CCCC2=CCC(OS(C)(=O)=O)=C[C@@H]21. The molecule has 1 saturated carbocycles. The maximum atomic E-state index is 11.1. The lowest BCUT2D eigenvalue weighted by atomic mass is 9.71. The maximum absolute atomic E-state index is 11.1. The van der Waals surface area contributed by atoms with Crippen molar-refractivity contribution < 1.29 is 17.7 Å². The Morgan fingerprint density at radius 2 is 2.24 bits per heavy atom. The van der Waals surface area contributed by atoms with Crippen LogP contribution in [0.25, 0.3) is 0 Å². The monoisotopic (exact) mass is 258 g/mol. The van der Waals surface area contributed by atoms with Gasteiger partial charge in [-0.1, -0.05) is 11.6 Å². The van der Waals surface area contributed by atoms with Crippen LogP contribution in [0.2, 0.25) is 0 Å². The highest BCUT2D eigenvalue weighted by Crippen LogP contribution is 2.41. The van der Waals surface area contributed by atoms with Gasteiger partial charge in [0.2, 0.25) is 0 Å². The van der Waals surface area contributed by atoms with Crippen molar-refractivity contribution in [3.05, 3.63) is 23.5 Å². The molecule has 2 atom stereocenters. The van der Waals surface area contributed by atoms with Gasteiger partial charge in [0, 0.05) is 12.3 Å². The molecular weight excluding hydrogens is 240 g/mol. The molecule has 0 aromatic heterocycles. The van der Waals surface area contributed by atoms with E-state index >= 15 is 0 Å². The van der Waals surface area contributed by atoms with Crippen LogP contribution in [0.1, 0.15) is 32.6 Å². The van der Waals surface area contributed by atoms with Crippen LogP contribution >= 0.6 is 0 Å². The second-order valence-corrected chi connectivity index (χ2v) is 6.67. The Balaban J connectivity index is 2.23. The van der Waals surface area contributed by atoms with Gasteiger partial charge >= 0.3 is 10.1 Å². The first-order valence-electron chi connectivity index (χ1n) is 5.79. The van der Waals surface area contributed by atoms with Crippen molar-refractivity contribution in [2.24, 2.45) is 5.92 Å². The van der Waals surface area contributed by atoms with Gasteiger partial charge in [-0.05, 0) is 32.3 Å². The number of fused-ring (bicyclic) bond motifs is 1. The lowest BCUT2D eigenvalue weighted by Gasteiger charge is -2.39. The second kappa shape index (κ2) is 4.14. The van der Waals surface area contributed by atoms with E-state index in [-0.39, 0.29) is 5.92 Å². The zero-order valence-corrected chi connectivity index (χ0v) is 11.0. The minimum atomic E-state index is -3.48.